The summed E-state index contributed by atoms with van der Waals surface area (Å²) in [5.41, 5.74) is 2.62. The van der Waals surface area contributed by atoms with Crippen molar-refractivity contribution in [2.24, 2.45) is 11.8 Å². The number of nitrogens with zero attached hydrogens (tertiary/aromatic N) is 2. The van der Waals surface area contributed by atoms with Gasteiger partial charge in [0.1, 0.15) is 0 Å². The fraction of sp³-hybridized carbons (Fsp3) is 0.706. The van der Waals surface area contributed by atoms with Gasteiger partial charge in [-0.2, -0.15) is 0 Å². The van der Waals surface area contributed by atoms with Crippen LogP contribution in [0.1, 0.15) is 47.1 Å². The Hall–Kier alpha value is -1.09. The van der Waals surface area contributed by atoms with Gasteiger partial charge in [-0.05, 0) is 23.5 Å². The molecular weight excluding hydrogens is 246 g/mol. The Bertz CT molecular complexity index is 376. The maximum atomic E-state index is 4.34. The number of nitrogens with one attached hydrogen (secondary N) is 1. The van der Waals surface area contributed by atoms with Gasteiger partial charge in [-0.3, -0.25) is 4.98 Å². The molecule has 0 bridgehead atoms. The maximum absolute atomic E-state index is 4.34. The molecule has 0 aliphatic carbocycles. The normalized spacial score (nSPS) is 11.7. The number of hydrogen-bond donors (Lipinski definition) is 1. The van der Waals surface area contributed by atoms with Crippen molar-refractivity contribution in [3.8, 4) is 0 Å². The fourth-order valence-corrected chi connectivity index (χ4v) is 2.32. The molecule has 1 rings (SSSR count). The van der Waals surface area contributed by atoms with Crippen LogP contribution in [0.15, 0.2) is 18.5 Å². The molecule has 0 saturated heterocycles. The largest absolute Gasteiger partial charge is 0.370 e. The Morgan fingerprint density at radius 1 is 1.05 bits per heavy atom. The van der Waals surface area contributed by atoms with Crippen LogP contribution in [0.2, 0.25) is 0 Å². The van der Waals surface area contributed by atoms with E-state index >= 15 is 0 Å². The molecule has 1 heterocycles. The lowest BCUT2D eigenvalue weighted by atomic mass is 10.1. The third kappa shape index (κ3) is 5.91. The zero-order valence-electron chi connectivity index (χ0n) is 14.0. The third-order valence-corrected chi connectivity index (χ3v) is 3.10. The summed E-state index contributed by atoms with van der Waals surface area (Å²) in [5, 5.41) is 3.51. The van der Waals surface area contributed by atoms with Crippen molar-refractivity contribution in [1.82, 2.24) is 10.3 Å². The van der Waals surface area contributed by atoms with E-state index in [1.807, 2.05) is 12.4 Å². The van der Waals surface area contributed by atoms with Crippen molar-refractivity contribution in [1.29, 1.82) is 0 Å². The van der Waals surface area contributed by atoms with Crippen LogP contribution in [0.25, 0.3) is 0 Å². The molecule has 1 aromatic heterocycles. The van der Waals surface area contributed by atoms with Gasteiger partial charge in [0.2, 0.25) is 0 Å². The molecule has 1 N–H and O–H groups in total. The minimum Gasteiger partial charge on any atom is -0.370 e. The van der Waals surface area contributed by atoms with E-state index in [1.54, 1.807) is 0 Å². The lowest BCUT2D eigenvalue weighted by molar-refractivity contribution is 0.546. The smallest absolute Gasteiger partial charge is 0.0598 e. The van der Waals surface area contributed by atoms with Gasteiger partial charge in [0.25, 0.3) is 0 Å². The van der Waals surface area contributed by atoms with Crippen LogP contribution in [0, 0.1) is 11.8 Å². The molecule has 0 saturated carbocycles. The van der Waals surface area contributed by atoms with Crippen molar-refractivity contribution in [3.05, 3.63) is 24.0 Å². The van der Waals surface area contributed by atoms with E-state index < -0.39 is 0 Å². The summed E-state index contributed by atoms with van der Waals surface area (Å²) >= 11 is 0. The Kier molecular flexibility index (Phi) is 7.00. The standard InChI is InChI=1S/C17H31N3/c1-13(2)11-20(12-14(3)4)17-10-18-8-7-16(17)9-19-15(5)6/h7-8,10,13-15,19H,9,11-12H2,1-6H3. The number of pyridine rings is 1. The van der Waals surface area contributed by atoms with Gasteiger partial charge >= 0.3 is 0 Å². The summed E-state index contributed by atoms with van der Waals surface area (Å²) in [6.45, 7) is 16.5. The van der Waals surface area contributed by atoms with Crippen LogP contribution in [0.4, 0.5) is 5.69 Å². The summed E-state index contributed by atoms with van der Waals surface area (Å²) in [5.74, 6) is 1.31. The van der Waals surface area contributed by atoms with Crippen molar-refractivity contribution < 1.29 is 0 Å². The van der Waals surface area contributed by atoms with Crippen molar-refractivity contribution in [3.63, 3.8) is 0 Å². The van der Waals surface area contributed by atoms with Crippen LogP contribution in [0.3, 0.4) is 0 Å². The van der Waals surface area contributed by atoms with E-state index in [0.717, 1.165) is 19.6 Å². The van der Waals surface area contributed by atoms with Crippen molar-refractivity contribution in [2.45, 2.75) is 54.1 Å². The van der Waals surface area contributed by atoms with Crippen LogP contribution in [0.5, 0.6) is 0 Å². The van der Waals surface area contributed by atoms with Gasteiger partial charge in [0.15, 0.2) is 0 Å². The Labute approximate surface area is 124 Å². The number of hydrogen-bond acceptors (Lipinski definition) is 3. The minimum atomic E-state index is 0.500. The first-order chi connectivity index (χ1) is 9.40. The molecule has 1 aromatic rings. The van der Waals surface area contributed by atoms with E-state index in [2.05, 4.69) is 62.8 Å². The van der Waals surface area contributed by atoms with Gasteiger partial charge < -0.3 is 10.2 Å². The molecule has 0 unspecified atom stereocenters. The number of anilines is 1. The third-order valence-electron chi connectivity index (χ3n) is 3.10. The fourth-order valence-electron chi connectivity index (χ4n) is 2.32. The molecule has 0 radical (unpaired) electrons. The molecule has 114 valence electrons. The molecule has 20 heavy (non-hydrogen) atoms. The molecule has 0 aliphatic rings. The second-order valence-electron chi connectivity index (χ2n) is 6.73. The van der Waals surface area contributed by atoms with Gasteiger partial charge in [-0.1, -0.05) is 41.5 Å². The summed E-state index contributed by atoms with van der Waals surface area (Å²) in [4.78, 5) is 6.82. The highest BCUT2D eigenvalue weighted by Gasteiger charge is 2.14. The SMILES string of the molecule is CC(C)CN(CC(C)C)c1cnccc1CNC(C)C. The summed E-state index contributed by atoms with van der Waals surface area (Å²) in [6, 6.07) is 2.64. The number of aromatic nitrogens is 1. The van der Waals surface area contributed by atoms with Crippen molar-refractivity contribution >= 4 is 5.69 Å². The summed E-state index contributed by atoms with van der Waals surface area (Å²) in [7, 11) is 0. The molecule has 0 aliphatic heterocycles. The van der Waals surface area contributed by atoms with Crippen LogP contribution in [-0.2, 0) is 6.54 Å². The number of rotatable bonds is 8. The minimum absolute atomic E-state index is 0.500. The Balaban J connectivity index is 2.93. The molecule has 0 fully saturated rings. The van der Waals surface area contributed by atoms with Crippen LogP contribution >= 0.6 is 0 Å². The first-order valence-electron chi connectivity index (χ1n) is 7.81. The average Bonchev–Trinajstić information content (AvgIpc) is 2.34. The molecule has 3 nitrogen and oxygen atoms in total. The van der Waals surface area contributed by atoms with E-state index in [4.69, 9.17) is 0 Å². The molecular formula is C17H31N3. The lowest BCUT2D eigenvalue weighted by Crippen LogP contribution is -2.33. The highest BCUT2D eigenvalue weighted by atomic mass is 15.1. The van der Waals surface area contributed by atoms with E-state index in [0.29, 0.717) is 17.9 Å². The predicted octanol–water partition coefficient (Wildman–Crippen LogP) is 3.70. The molecule has 0 spiro atoms. The Morgan fingerprint density at radius 2 is 1.65 bits per heavy atom. The van der Waals surface area contributed by atoms with Gasteiger partial charge in [0.05, 0.1) is 11.9 Å². The maximum Gasteiger partial charge on any atom is 0.0598 e. The van der Waals surface area contributed by atoms with Gasteiger partial charge in [0, 0.05) is 31.9 Å². The van der Waals surface area contributed by atoms with Gasteiger partial charge in [-0.15, -0.1) is 0 Å². The van der Waals surface area contributed by atoms with E-state index in [-0.39, 0.29) is 0 Å². The van der Waals surface area contributed by atoms with Gasteiger partial charge in [-0.25, -0.2) is 0 Å². The molecule has 3 heteroatoms. The van der Waals surface area contributed by atoms with Crippen LogP contribution < -0.4 is 10.2 Å². The molecule has 0 amide bonds. The zero-order chi connectivity index (χ0) is 15.1. The highest BCUT2D eigenvalue weighted by Crippen LogP contribution is 2.21. The quantitative estimate of drug-likeness (QED) is 0.785. The zero-order valence-corrected chi connectivity index (χ0v) is 14.0. The second kappa shape index (κ2) is 8.25. The van der Waals surface area contributed by atoms with Crippen molar-refractivity contribution in [2.75, 3.05) is 18.0 Å². The lowest BCUT2D eigenvalue weighted by Gasteiger charge is -2.30. The highest BCUT2D eigenvalue weighted by molar-refractivity contribution is 5.51. The summed E-state index contributed by atoms with van der Waals surface area (Å²) < 4.78 is 0. The second-order valence-corrected chi connectivity index (χ2v) is 6.73. The monoisotopic (exact) mass is 277 g/mol. The summed E-state index contributed by atoms with van der Waals surface area (Å²) in [6.07, 6.45) is 3.91. The molecule has 0 aromatic carbocycles. The van der Waals surface area contributed by atoms with E-state index in [9.17, 15) is 0 Å². The van der Waals surface area contributed by atoms with Crippen LogP contribution in [-0.4, -0.2) is 24.1 Å². The Morgan fingerprint density at radius 3 is 2.15 bits per heavy atom. The predicted molar refractivity (Wildman–Crippen MR) is 88.1 cm³/mol. The molecule has 0 atom stereocenters. The first-order valence-corrected chi connectivity index (χ1v) is 7.81. The van der Waals surface area contributed by atoms with E-state index in [1.165, 1.54) is 11.3 Å². The topological polar surface area (TPSA) is 28.2 Å². The average molecular weight is 277 g/mol. The first kappa shape index (κ1) is 17.0.